The van der Waals surface area contributed by atoms with E-state index in [2.05, 4.69) is 0 Å². The molecule has 0 amide bonds. The van der Waals surface area contributed by atoms with Gasteiger partial charge in [-0.2, -0.15) is 0 Å². The van der Waals surface area contributed by atoms with E-state index in [0.717, 1.165) is 11.1 Å². The molecular weight excluding hydrogens is 166 g/mol. The summed E-state index contributed by atoms with van der Waals surface area (Å²) in [6.07, 6.45) is 0.523. The summed E-state index contributed by atoms with van der Waals surface area (Å²) in [6.45, 7) is 0. The van der Waals surface area contributed by atoms with Crippen molar-refractivity contribution in [3.63, 3.8) is 0 Å². The highest BCUT2D eigenvalue weighted by atomic mass is 16.4. The van der Waals surface area contributed by atoms with Crippen molar-refractivity contribution < 1.29 is 9.90 Å². The molecule has 0 aliphatic heterocycles. The zero-order chi connectivity index (χ0) is 9.42. The van der Waals surface area contributed by atoms with Crippen LogP contribution in [0.5, 0.6) is 0 Å². The van der Waals surface area contributed by atoms with Gasteiger partial charge in [0.2, 0.25) is 0 Å². The molecule has 0 aromatic heterocycles. The predicted molar refractivity (Wildman–Crippen MR) is 48.4 cm³/mol. The van der Waals surface area contributed by atoms with E-state index >= 15 is 0 Å². The van der Waals surface area contributed by atoms with Gasteiger partial charge in [0, 0.05) is 6.04 Å². The van der Waals surface area contributed by atoms with E-state index in [1.807, 2.05) is 24.3 Å². The molecule has 2 rings (SSSR count). The Kier molecular flexibility index (Phi) is 1.81. The van der Waals surface area contributed by atoms with Crippen LogP contribution in [0.2, 0.25) is 0 Å². The Bertz CT molecular complexity index is 349. The van der Waals surface area contributed by atoms with Crippen LogP contribution in [0.15, 0.2) is 24.3 Å². The van der Waals surface area contributed by atoms with Crippen molar-refractivity contribution in [2.75, 3.05) is 0 Å². The second kappa shape index (κ2) is 2.85. The van der Waals surface area contributed by atoms with Gasteiger partial charge in [-0.05, 0) is 17.5 Å². The maximum Gasteiger partial charge on any atom is 0.311 e. The van der Waals surface area contributed by atoms with Gasteiger partial charge in [-0.1, -0.05) is 24.3 Å². The number of hydrogen-bond donors (Lipinski definition) is 2. The van der Waals surface area contributed by atoms with Crippen molar-refractivity contribution in [2.45, 2.75) is 18.4 Å². The van der Waals surface area contributed by atoms with Gasteiger partial charge in [0.1, 0.15) is 0 Å². The topological polar surface area (TPSA) is 63.3 Å². The van der Waals surface area contributed by atoms with Crippen molar-refractivity contribution in [2.24, 2.45) is 5.73 Å². The zero-order valence-corrected chi connectivity index (χ0v) is 7.10. The number of carboxylic acids is 1. The molecular formula is C10H11NO2. The number of carboxylic acid groups (broad SMARTS) is 1. The minimum Gasteiger partial charge on any atom is -0.481 e. The molecule has 1 aromatic carbocycles. The average molecular weight is 177 g/mol. The van der Waals surface area contributed by atoms with Crippen molar-refractivity contribution in [3.8, 4) is 0 Å². The van der Waals surface area contributed by atoms with Crippen LogP contribution in [-0.4, -0.2) is 11.1 Å². The monoisotopic (exact) mass is 177 g/mol. The molecule has 1 aliphatic rings. The third-order valence-corrected chi connectivity index (χ3v) is 2.56. The zero-order valence-electron chi connectivity index (χ0n) is 7.10. The van der Waals surface area contributed by atoms with Crippen LogP contribution in [0, 0.1) is 0 Å². The first-order chi connectivity index (χ1) is 6.20. The summed E-state index contributed by atoms with van der Waals surface area (Å²) in [5, 5.41) is 8.92. The number of rotatable bonds is 1. The lowest BCUT2D eigenvalue weighted by molar-refractivity contribution is -0.138. The third kappa shape index (κ3) is 1.21. The number of benzene rings is 1. The molecule has 3 heteroatoms. The molecule has 1 aromatic rings. The Labute approximate surface area is 76.2 Å². The first-order valence-corrected chi connectivity index (χ1v) is 4.27. The molecule has 68 valence electrons. The van der Waals surface area contributed by atoms with E-state index in [1.165, 1.54) is 0 Å². The Morgan fingerprint density at radius 3 is 2.62 bits per heavy atom. The van der Waals surface area contributed by atoms with Gasteiger partial charge in [0.15, 0.2) is 0 Å². The van der Waals surface area contributed by atoms with Gasteiger partial charge in [-0.15, -0.1) is 0 Å². The maximum absolute atomic E-state index is 10.9. The van der Waals surface area contributed by atoms with Crippen molar-refractivity contribution in [3.05, 3.63) is 35.4 Å². The Hall–Kier alpha value is -1.35. The molecule has 2 atom stereocenters. The molecule has 0 saturated heterocycles. The molecule has 3 N–H and O–H groups in total. The number of hydrogen-bond acceptors (Lipinski definition) is 2. The minimum absolute atomic E-state index is 0.114. The van der Waals surface area contributed by atoms with Crippen LogP contribution in [0.4, 0.5) is 0 Å². The molecule has 3 nitrogen and oxygen atoms in total. The Balaban J connectivity index is 2.47. The van der Waals surface area contributed by atoms with E-state index in [9.17, 15) is 4.79 Å². The summed E-state index contributed by atoms with van der Waals surface area (Å²) < 4.78 is 0. The van der Waals surface area contributed by atoms with Crippen molar-refractivity contribution in [1.82, 2.24) is 0 Å². The third-order valence-electron chi connectivity index (χ3n) is 2.56. The van der Waals surface area contributed by atoms with Gasteiger partial charge in [-0.3, -0.25) is 4.79 Å². The quantitative estimate of drug-likeness (QED) is 0.678. The minimum atomic E-state index is -0.777. The summed E-state index contributed by atoms with van der Waals surface area (Å²) >= 11 is 0. The van der Waals surface area contributed by atoms with Gasteiger partial charge in [-0.25, -0.2) is 0 Å². The van der Waals surface area contributed by atoms with Crippen LogP contribution in [0.25, 0.3) is 0 Å². The fraction of sp³-hybridized carbons (Fsp3) is 0.300. The molecule has 0 fully saturated rings. The number of carbonyl (C=O) groups is 1. The second-order valence-electron chi connectivity index (χ2n) is 3.36. The van der Waals surface area contributed by atoms with Crippen molar-refractivity contribution in [1.29, 1.82) is 0 Å². The Morgan fingerprint density at radius 2 is 2.00 bits per heavy atom. The highest BCUT2D eigenvalue weighted by molar-refractivity contribution is 5.78. The fourth-order valence-corrected chi connectivity index (χ4v) is 1.91. The Morgan fingerprint density at radius 1 is 1.38 bits per heavy atom. The van der Waals surface area contributed by atoms with Gasteiger partial charge in [0.05, 0.1) is 5.92 Å². The van der Waals surface area contributed by atoms with Crippen LogP contribution < -0.4 is 5.73 Å². The maximum atomic E-state index is 10.9. The fourth-order valence-electron chi connectivity index (χ4n) is 1.91. The summed E-state index contributed by atoms with van der Waals surface area (Å²) in [5.74, 6) is -1.19. The second-order valence-corrected chi connectivity index (χ2v) is 3.36. The van der Waals surface area contributed by atoms with Gasteiger partial charge in [0.25, 0.3) is 0 Å². The molecule has 0 heterocycles. The molecule has 0 bridgehead atoms. The number of fused-ring (bicyclic) bond motifs is 1. The summed E-state index contributed by atoms with van der Waals surface area (Å²) in [4.78, 5) is 10.9. The molecule has 0 radical (unpaired) electrons. The van der Waals surface area contributed by atoms with Gasteiger partial charge >= 0.3 is 5.97 Å². The molecule has 13 heavy (non-hydrogen) atoms. The summed E-state index contributed by atoms with van der Waals surface area (Å²) in [5.41, 5.74) is 7.67. The lowest BCUT2D eigenvalue weighted by Crippen LogP contribution is -2.10. The lowest BCUT2D eigenvalue weighted by Gasteiger charge is -2.03. The lowest BCUT2D eigenvalue weighted by atomic mass is 10.0. The van der Waals surface area contributed by atoms with Gasteiger partial charge < -0.3 is 10.8 Å². The number of aliphatic carboxylic acids is 1. The van der Waals surface area contributed by atoms with Crippen LogP contribution in [0.1, 0.15) is 29.5 Å². The smallest absolute Gasteiger partial charge is 0.311 e. The first-order valence-electron chi connectivity index (χ1n) is 4.27. The molecule has 0 spiro atoms. The predicted octanol–water partition coefficient (Wildman–Crippen LogP) is 1.26. The first kappa shape index (κ1) is 8.26. The molecule has 0 saturated carbocycles. The normalized spacial score (nSPS) is 25.6. The van der Waals surface area contributed by atoms with E-state index in [4.69, 9.17) is 10.8 Å². The summed E-state index contributed by atoms with van der Waals surface area (Å²) in [6, 6.07) is 7.39. The van der Waals surface area contributed by atoms with E-state index in [0.29, 0.717) is 6.42 Å². The number of nitrogens with two attached hydrogens (primary N) is 1. The standard InChI is InChI=1S/C10H11NO2/c11-9-5-8(10(12)13)6-3-1-2-4-7(6)9/h1-4,8-9H,5,11H2,(H,12,13)/t8-,9-/m1/s1. The van der Waals surface area contributed by atoms with Crippen molar-refractivity contribution >= 4 is 5.97 Å². The van der Waals surface area contributed by atoms with Crippen LogP contribution in [0.3, 0.4) is 0 Å². The molecule has 1 aliphatic carbocycles. The van der Waals surface area contributed by atoms with E-state index in [1.54, 1.807) is 0 Å². The highest BCUT2D eigenvalue weighted by Crippen LogP contribution is 2.38. The van der Waals surface area contributed by atoms with Crippen LogP contribution >= 0.6 is 0 Å². The largest absolute Gasteiger partial charge is 0.481 e. The SMILES string of the molecule is N[C@@H]1C[C@@H](C(=O)O)c2ccccc21. The average Bonchev–Trinajstić information content (AvgIpc) is 2.45. The van der Waals surface area contributed by atoms with E-state index < -0.39 is 11.9 Å². The van der Waals surface area contributed by atoms with Crippen LogP contribution in [-0.2, 0) is 4.79 Å². The molecule has 0 unspecified atom stereocenters. The summed E-state index contributed by atoms with van der Waals surface area (Å²) in [7, 11) is 0. The van der Waals surface area contributed by atoms with E-state index in [-0.39, 0.29) is 6.04 Å². The highest BCUT2D eigenvalue weighted by Gasteiger charge is 2.32.